The predicted octanol–water partition coefficient (Wildman–Crippen LogP) is 2.21. The van der Waals surface area contributed by atoms with Crippen LogP contribution in [0.25, 0.3) is 0 Å². The molecule has 0 atom stereocenters. The number of aryl methyl sites for hydroxylation is 1. The van der Waals surface area contributed by atoms with Gasteiger partial charge in [-0.25, -0.2) is 9.37 Å². The summed E-state index contributed by atoms with van der Waals surface area (Å²) in [4.78, 5) is 15.6. The van der Waals surface area contributed by atoms with Gasteiger partial charge in [0.05, 0.1) is 0 Å². The monoisotopic (exact) mass is 274 g/mol. The Kier molecular flexibility index (Phi) is 4.30. The third-order valence-corrected chi connectivity index (χ3v) is 2.99. The molecular weight excluding hydrogens is 259 g/mol. The van der Waals surface area contributed by atoms with E-state index in [1.807, 2.05) is 6.92 Å². The van der Waals surface area contributed by atoms with Gasteiger partial charge in [-0.2, -0.15) is 0 Å². The van der Waals surface area contributed by atoms with E-state index in [2.05, 4.69) is 10.3 Å². The van der Waals surface area contributed by atoms with E-state index in [9.17, 15) is 14.3 Å². The number of halogens is 1. The van der Waals surface area contributed by atoms with Crippen molar-refractivity contribution in [1.29, 1.82) is 0 Å². The standard InChI is InChI=1S/C15H15FN2O2/c1-10-9-12(16)5-4-11(10)6-8-18-15(20)14-13(19)3-2-7-17-14/h2-5,7,9,19H,6,8H2,1H3,(H,18,20). The summed E-state index contributed by atoms with van der Waals surface area (Å²) in [5, 5.41) is 12.2. The Morgan fingerprint density at radius 2 is 2.20 bits per heavy atom. The first-order valence-electron chi connectivity index (χ1n) is 6.25. The van der Waals surface area contributed by atoms with E-state index in [1.54, 1.807) is 12.1 Å². The lowest BCUT2D eigenvalue weighted by molar-refractivity contribution is 0.0946. The molecule has 0 aliphatic carbocycles. The van der Waals surface area contributed by atoms with Crippen LogP contribution in [0, 0.1) is 12.7 Å². The Bertz CT molecular complexity index is 629. The highest BCUT2D eigenvalue weighted by atomic mass is 19.1. The van der Waals surface area contributed by atoms with Gasteiger partial charge in [0.1, 0.15) is 11.6 Å². The molecule has 1 aromatic heterocycles. The van der Waals surface area contributed by atoms with Crippen molar-refractivity contribution in [3.05, 3.63) is 59.2 Å². The fraction of sp³-hybridized carbons (Fsp3) is 0.200. The van der Waals surface area contributed by atoms with Gasteiger partial charge in [-0.1, -0.05) is 6.07 Å². The van der Waals surface area contributed by atoms with Gasteiger partial charge in [0, 0.05) is 12.7 Å². The van der Waals surface area contributed by atoms with Gasteiger partial charge >= 0.3 is 0 Å². The van der Waals surface area contributed by atoms with Crippen LogP contribution >= 0.6 is 0 Å². The van der Waals surface area contributed by atoms with Crippen molar-refractivity contribution >= 4 is 5.91 Å². The SMILES string of the molecule is Cc1cc(F)ccc1CCNC(=O)c1ncccc1O. The largest absolute Gasteiger partial charge is 0.505 e. The van der Waals surface area contributed by atoms with E-state index >= 15 is 0 Å². The molecule has 0 unspecified atom stereocenters. The number of benzene rings is 1. The number of amides is 1. The average Bonchev–Trinajstić information content (AvgIpc) is 2.41. The molecular formula is C15H15FN2O2. The second kappa shape index (κ2) is 6.14. The Morgan fingerprint density at radius 1 is 1.40 bits per heavy atom. The van der Waals surface area contributed by atoms with Crippen LogP contribution in [0.1, 0.15) is 21.6 Å². The van der Waals surface area contributed by atoms with Crippen LogP contribution in [-0.4, -0.2) is 22.5 Å². The van der Waals surface area contributed by atoms with E-state index in [0.717, 1.165) is 11.1 Å². The van der Waals surface area contributed by atoms with Crippen LogP contribution < -0.4 is 5.32 Å². The average molecular weight is 274 g/mol. The van der Waals surface area contributed by atoms with Crippen LogP contribution in [-0.2, 0) is 6.42 Å². The van der Waals surface area contributed by atoms with Gasteiger partial charge in [-0.3, -0.25) is 4.79 Å². The Hall–Kier alpha value is -2.43. The quantitative estimate of drug-likeness (QED) is 0.898. The molecule has 0 aliphatic heterocycles. The van der Waals surface area contributed by atoms with E-state index in [0.29, 0.717) is 13.0 Å². The lowest BCUT2D eigenvalue weighted by atomic mass is 10.1. The van der Waals surface area contributed by atoms with Crippen LogP contribution in [0.3, 0.4) is 0 Å². The number of aromatic nitrogens is 1. The van der Waals surface area contributed by atoms with Crippen molar-refractivity contribution in [2.24, 2.45) is 0 Å². The van der Waals surface area contributed by atoms with E-state index in [1.165, 1.54) is 24.4 Å². The minimum atomic E-state index is -0.428. The summed E-state index contributed by atoms with van der Waals surface area (Å²) >= 11 is 0. The molecule has 104 valence electrons. The summed E-state index contributed by atoms with van der Waals surface area (Å²) in [6, 6.07) is 7.52. The molecule has 0 bridgehead atoms. The number of rotatable bonds is 4. The molecule has 2 rings (SSSR count). The first-order valence-corrected chi connectivity index (χ1v) is 6.25. The molecule has 5 heteroatoms. The van der Waals surface area contributed by atoms with Gasteiger partial charge in [0.2, 0.25) is 0 Å². The van der Waals surface area contributed by atoms with E-state index in [4.69, 9.17) is 0 Å². The second-order valence-corrected chi connectivity index (χ2v) is 4.45. The summed E-state index contributed by atoms with van der Waals surface area (Å²) in [6.45, 7) is 2.21. The number of hydrogen-bond acceptors (Lipinski definition) is 3. The predicted molar refractivity (Wildman–Crippen MR) is 73.1 cm³/mol. The summed E-state index contributed by atoms with van der Waals surface area (Å²) in [5.41, 5.74) is 1.82. The first-order chi connectivity index (χ1) is 9.58. The number of pyridine rings is 1. The highest BCUT2D eigenvalue weighted by Crippen LogP contribution is 2.13. The highest BCUT2D eigenvalue weighted by Gasteiger charge is 2.11. The molecule has 1 heterocycles. The molecule has 0 radical (unpaired) electrons. The smallest absolute Gasteiger partial charge is 0.273 e. The zero-order valence-electron chi connectivity index (χ0n) is 11.1. The van der Waals surface area contributed by atoms with Crippen molar-refractivity contribution in [3.63, 3.8) is 0 Å². The van der Waals surface area contributed by atoms with Crippen LogP contribution in [0.4, 0.5) is 4.39 Å². The maximum atomic E-state index is 13.0. The Labute approximate surface area is 116 Å². The molecule has 0 fully saturated rings. The molecule has 0 saturated carbocycles. The summed E-state index contributed by atoms with van der Waals surface area (Å²) in [7, 11) is 0. The molecule has 0 aliphatic rings. The van der Waals surface area contributed by atoms with Gasteiger partial charge in [-0.15, -0.1) is 0 Å². The van der Waals surface area contributed by atoms with Crippen LogP contribution in [0.5, 0.6) is 5.75 Å². The molecule has 1 amide bonds. The van der Waals surface area contributed by atoms with Gasteiger partial charge in [-0.05, 0) is 48.7 Å². The van der Waals surface area contributed by atoms with E-state index in [-0.39, 0.29) is 17.3 Å². The van der Waals surface area contributed by atoms with Gasteiger partial charge < -0.3 is 10.4 Å². The molecule has 4 nitrogen and oxygen atoms in total. The van der Waals surface area contributed by atoms with Crippen LogP contribution in [0.2, 0.25) is 0 Å². The lowest BCUT2D eigenvalue weighted by Gasteiger charge is -2.08. The number of carbonyl (C=O) groups excluding carboxylic acids is 1. The number of nitrogens with one attached hydrogen (secondary N) is 1. The molecule has 20 heavy (non-hydrogen) atoms. The summed E-state index contributed by atoms with van der Waals surface area (Å²) in [5.74, 6) is -0.848. The van der Waals surface area contributed by atoms with Gasteiger partial charge in [0.25, 0.3) is 5.91 Å². The fourth-order valence-corrected chi connectivity index (χ4v) is 1.91. The van der Waals surface area contributed by atoms with Crippen molar-refractivity contribution < 1.29 is 14.3 Å². The topological polar surface area (TPSA) is 62.2 Å². The third kappa shape index (κ3) is 3.32. The zero-order valence-corrected chi connectivity index (χ0v) is 11.1. The van der Waals surface area contributed by atoms with Crippen molar-refractivity contribution in [2.75, 3.05) is 6.54 Å². The number of carbonyl (C=O) groups is 1. The zero-order chi connectivity index (χ0) is 14.5. The van der Waals surface area contributed by atoms with Crippen molar-refractivity contribution in [2.45, 2.75) is 13.3 Å². The van der Waals surface area contributed by atoms with Crippen molar-refractivity contribution in [3.8, 4) is 5.75 Å². The number of aromatic hydroxyl groups is 1. The summed E-state index contributed by atoms with van der Waals surface area (Å²) in [6.07, 6.45) is 2.03. The molecule has 2 N–H and O–H groups in total. The molecule has 0 saturated heterocycles. The maximum Gasteiger partial charge on any atom is 0.273 e. The number of hydrogen-bond donors (Lipinski definition) is 2. The van der Waals surface area contributed by atoms with Gasteiger partial charge in [0.15, 0.2) is 5.69 Å². The van der Waals surface area contributed by atoms with Crippen LogP contribution in [0.15, 0.2) is 36.5 Å². The minimum Gasteiger partial charge on any atom is -0.505 e. The first kappa shape index (κ1) is 14.0. The number of nitrogens with zero attached hydrogens (tertiary/aromatic N) is 1. The molecule has 1 aromatic carbocycles. The normalized spacial score (nSPS) is 10.3. The lowest BCUT2D eigenvalue weighted by Crippen LogP contribution is -2.26. The second-order valence-electron chi connectivity index (χ2n) is 4.45. The Morgan fingerprint density at radius 3 is 2.90 bits per heavy atom. The maximum absolute atomic E-state index is 13.0. The summed E-state index contributed by atoms with van der Waals surface area (Å²) < 4.78 is 13.0. The minimum absolute atomic E-state index is 0.00308. The van der Waals surface area contributed by atoms with E-state index < -0.39 is 5.91 Å². The third-order valence-electron chi connectivity index (χ3n) is 2.99. The molecule has 0 spiro atoms. The molecule has 2 aromatic rings. The Balaban J connectivity index is 1.93. The highest BCUT2D eigenvalue weighted by molar-refractivity contribution is 5.94. The fourth-order valence-electron chi connectivity index (χ4n) is 1.91. The van der Waals surface area contributed by atoms with Crippen molar-refractivity contribution in [1.82, 2.24) is 10.3 Å².